The van der Waals surface area contributed by atoms with Crippen molar-refractivity contribution in [2.45, 2.75) is 24.8 Å². The summed E-state index contributed by atoms with van der Waals surface area (Å²) in [6.07, 6.45) is 0. The van der Waals surface area contributed by atoms with Gasteiger partial charge in [0.25, 0.3) is 0 Å². The van der Waals surface area contributed by atoms with E-state index in [1.165, 1.54) is 12.1 Å². The second-order valence-corrected chi connectivity index (χ2v) is 6.60. The van der Waals surface area contributed by atoms with Crippen LogP contribution in [0.5, 0.6) is 0 Å². The fourth-order valence-electron chi connectivity index (χ4n) is 1.63. The van der Waals surface area contributed by atoms with Crippen molar-refractivity contribution in [1.29, 1.82) is 0 Å². The maximum Gasteiger partial charge on any atom is 0.241 e. The molecule has 0 saturated carbocycles. The van der Waals surface area contributed by atoms with Gasteiger partial charge in [-0.3, -0.25) is 9.59 Å². The zero-order valence-corrected chi connectivity index (χ0v) is 12.7. The normalized spacial score (nSPS) is 12.9. The topological polar surface area (TPSA) is 118 Å². The van der Waals surface area contributed by atoms with E-state index in [0.29, 0.717) is 0 Å². The minimum atomic E-state index is -3.76. The van der Waals surface area contributed by atoms with Crippen molar-refractivity contribution in [3.05, 3.63) is 30.3 Å². The van der Waals surface area contributed by atoms with E-state index in [1.807, 2.05) is 0 Å². The number of primary amides is 1. The first-order valence-corrected chi connectivity index (χ1v) is 7.85. The van der Waals surface area contributed by atoms with Crippen LogP contribution in [0.3, 0.4) is 0 Å². The number of benzene rings is 1. The van der Waals surface area contributed by atoms with E-state index in [0.717, 1.165) is 0 Å². The molecule has 21 heavy (non-hydrogen) atoms. The van der Waals surface area contributed by atoms with E-state index in [4.69, 9.17) is 5.73 Å². The summed E-state index contributed by atoms with van der Waals surface area (Å²) in [4.78, 5) is 22.9. The van der Waals surface area contributed by atoms with Crippen LogP contribution in [0.4, 0.5) is 0 Å². The van der Waals surface area contributed by atoms with E-state index in [-0.39, 0.29) is 10.8 Å². The van der Waals surface area contributed by atoms with Gasteiger partial charge in [0.05, 0.1) is 11.4 Å². The van der Waals surface area contributed by atoms with Gasteiger partial charge >= 0.3 is 0 Å². The summed E-state index contributed by atoms with van der Waals surface area (Å²) in [5.41, 5.74) is 5.17. The fourth-order valence-corrected chi connectivity index (χ4v) is 2.64. The van der Waals surface area contributed by atoms with Crippen molar-refractivity contribution in [1.82, 2.24) is 10.0 Å². The first kappa shape index (κ1) is 17.1. The number of amides is 2. The number of sulfonamides is 1. The molecular formula is C13H19N3O4S. The molecule has 4 N–H and O–H groups in total. The highest BCUT2D eigenvalue weighted by Gasteiger charge is 2.22. The third kappa shape index (κ3) is 5.16. The molecule has 1 unspecified atom stereocenters. The third-order valence-corrected chi connectivity index (χ3v) is 4.18. The van der Waals surface area contributed by atoms with Crippen molar-refractivity contribution >= 4 is 21.8 Å². The Morgan fingerprint density at radius 3 is 2.24 bits per heavy atom. The van der Waals surface area contributed by atoms with Gasteiger partial charge in [0, 0.05) is 0 Å². The van der Waals surface area contributed by atoms with Crippen molar-refractivity contribution in [2.24, 2.45) is 11.7 Å². The Hall–Kier alpha value is -1.93. The summed E-state index contributed by atoms with van der Waals surface area (Å²) in [6, 6.07) is 6.85. The average molecular weight is 313 g/mol. The van der Waals surface area contributed by atoms with Crippen molar-refractivity contribution in [3.63, 3.8) is 0 Å². The van der Waals surface area contributed by atoms with Crippen molar-refractivity contribution < 1.29 is 18.0 Å². The number of nitrogens with one attached hydrogen (secondary N) is 2. The van der Waals surface area contributed by atoms with Crippen LogP contribution in [-0.4, -0.2) is 32.8 Å². The van der Waals surface area contributed by atoms with Crippen LogP contribution in [0, 0.1) is 5.92 Å². The molecule has 1 atom stereocenters. The Labute approximate surface area is 124 Å². The van der Waals surface area contributed by atoms with Crippen LogP contribution in [0.15, 0.2) is 35.2 Å². The molecule has 0 radical (unpaired) electrons. The number of rotatable bonds is 7. The number of carbonyl (C=O) groups excluding carboxylic acids is 2. The molecule has 0 aliphatic carbocycles. The molecule has 0 bridgehead atoms. The molecule has 1 aromatic rings. The molecule has 116 valence electrons. The summed E-state index contributed by atoms with van der Waals surface area (Å²) >= 11 is 0. The van der Waals surface area contributed by atoms with Gasteiger partial charge in [-0.15, -0.1) is 0 Å². The van der Waals surface area contributed by atoms with Gasteiger partial charge in [-0.2, -0.15) is 0 Å². The summed E-state index contributed by atoms with van der Waals surface area (Å²) in [5, 5.41) is 2.40. The van der Waals surface area contributed by atoms with Crippen LogP contribution >= 0.6 is 0 Å². The molecule has 0 fully saturated rings. The van der Waals surface area contributed by atoms with Crippen LogP contribution in [-0.2, 0) is 19.6 Å². The Morgan fingerprint density at radius 1 is 1.19 bits per heavy atom. The second-order valence-electron chi connectivity index (χ2n) is 4.83. The molecule has 7 nitrogen and oxygen atoms in total. The number of hydrogen-bond acceptors (Lipinski definition) is 4. The lowest BCUT2D eigenvalue weighted by atomic mass is 10.0. The van der Waals surface area contributed by atoms with E-state index in [1.54, 1.807) is 32.0 Å². The van der Waals surface area contributed by atoms with Gasteiger partial charge in [-0.05, 0) is 18.1 Å². The Bertz CT molecular complexity index is 599. The van der Waals surface area contributed by atoms with Gasteiger partial charge in [0.1, 0.15) is 6.04 Å². The lowest BCUT2D eigenvalue weighted by molar-refractivity contribution is -0.127. The van der Waals surface area contributed by atoms with Crippen LogP contribution in [0.2, 0.25) is 0 Å². The van der Waals surface area contributed by atoms with E-state index in [9.17, 15) is 18.0 Å². The molecule has 0 aliphatic heterocycles. The van der Waals surface area contributed by atoms with Gasteiger partial charge in [0.2, 0.25) is 21.8 Å². The summed E-state index contributed by atoms with van der Waals surface area (Å²) < 4.78 is 26.0. The molecule has 0 aromatic heterocycles. The predicted octanol–water partition coefficient (Wildman–Crippen LogP) is -0.409. The SMILES string of the molecule is CC(C)C(NC(=O)CNS(=O)(=O)c1ccccc1)C(N)=O. The maximum absolute atomic E-state index is 11.9. The minimum absolute atomic E-state index is 0.0631. The Morgan fingerprint density at radius 2 is 1.76 bits per heavy atom. The second kappa shape index (κ2) is 7.19. The minimum Gasteiger partial charge on any atom is -0.368 e. The monoisotopic (exact) mass is 313 g/mol. The molecule has 0 heterocycles. The van der Waals surface area contributed by atoms with Gasteiger partial charge in [-0.25, -0.2) is 13.1 Å². The predicted molar refractivity (Wildman–Crippen MR) is 77.6 cm³/mol. The van der Waals surface area contributed by atoms with E-state index < -0.39 is 34.4 Å². The fraction of sp³-hybridized carbons (Fsp3) is 0.385. The largest absolute Gasteiger partial charge is 0.368 e. The first-order chi connectivity index (χ1) is 9.74. The van der Waals surface area contributed by atoms with Crippen molar-refractivity contribution in [3.8, 4) is 0 Å². The Balaban J connectivity index is 2.63. The number of hydrogen-bond donors (Lipinski definition) is 3. The maximum atomic E-state index is 11.9. The number of nitrogens with two attached hydrogens (primary N) is 1. The average Bonchev–Trinajstić information content (AvgIpc) is 2.43. The quantitative estimate of drug-likeness (QED) is 0.634. The number of carbonyl (C=O) groups is 2. The smallest absolute Gasteiger partial charge is 0.241 e. The van der Waals surface area contributed by atoms with Crippen LogP contribution in [0.1, 0.15) is 13.8 Å². The van der Waals surface area contributed by atoms with Crippen LogP contribution in [0.25, 0.3) is 0 Å². The summed E-state index contributed by atoms with van der Waals surface area (Å²) in [5.74, 6) is -1.46. The summed E-state index contributed by atoms with van der Waals surface area (Å²) in [7, 11) is -3.76. The highest BCUT2D eigenvalue weighted by atomic mass is 32.2. The first-order valence-electron chi connectivity index (χ1n) is 6.37. The zero-order valence-electron chi connectivity index (χ0n) is 11.9. The molecule has 0 spiro atoms. The van der Waals surface area contributed by atoms with Gasteiger partial charge in [0.15, 0.2) is 0 Å². The molecule has 0 aliphatic rings. The molecule has 1 aromatic carbocycles. The molecular weight excluding hydrogens is 294 g/mol. The lowest BCUT2D eigenvalue weighted by Crippen LogP contribution is -2.50. The zero-order chi connectivity index (χ0) is 16.0. The van der Waals surface area contributed by atoms with E-state index >= 15 is 0 Å². The molecule has 2 amide bonds. The molecule has 8 heteroatoms. The van der Waals surface area contributed by atoms with Crippen molar-refractivity contribution in [2.75, 3.05) is 6.54 Å². The third-order valence-electron chi connectivity index (χ3n) is 2.77. The Kier molecular flexibility index (Phi) is 5.86. The highest BCUT2D eigenvalue weighted by Crippen LogP contribution is 2.06. The highest BCUT2D eigenvalue weighted by molar-refractivity contribution is 7.89. The van der Waals surface area contributed by atoms with Crippen LogP contribution < -0.4 is 15.8 Å². The lowest BCUT2D eigenvalue weighted by Gasteiger charge is -2.19. The summed E-state index contributed by atoms with van der Waals surface area (Å²) in [6.45, 7) is 2.99. The van der Waals surface area contributed by atoms with E-state index in [2.05, 4.69) is 10.0 Å². The van der Waals surface area contributed by atoms with Gasteiger partial charge in [-0.1, -0.05) is 32.0 Å². The van der Waals surface area contributed by atoms with Gasteiger partial charge < -0.3 is 11.1 Å². The molecule has 0 saturated heterocycles. The standard InChI is InChI=1S/C13H19N3O4S/c1-9(2)12(13(14)18)16-11(17)8-15-21(19,20)10-6-4-3-5-7-10/h3-7,9,12,15H,8H2,1-2H3,(H2,14,18)(H,16,17). The molecule has 1 rings (SSSR count).